The van der Waals surface area contributed by atoms with Crippen LogP contribution in [0.5, 0.6) is 0 Å². The Balaban J connectivity index is 2.10. The number of hydrogen-bond acceptors (Lipinski definition) is 2. The van der Waals surface area contributed by atoms with Crippen molar-refractivity contribution in [1.82, 2.24) is 5.32 Å². The molecule has 0 atom stereocenters. The van der Waals surface area contributed by atoms with Gasteiger partial charge in [-0.1, -0.05) is 0 Å². The highest BCUT2D eigenvalue weighted by Gasteiger charge is 2.16. The van der Waals surface area contributed by atoms with Crippen LogP contribution in [0.15, 0.2) is 18.2 Å². The predicted molar refractivity (Wildman–Crippen MR) is 59.4 cm³/mol. The third-order valence-corrected chi connectivity index (χ3v) is 2.96. The van der Waals surface area contributed by atoms with Gasteiger partial charge in [0.1, 0.15) is 5.82 Å². The minimum absolute atomic E-state index is 0.179. The average molecular weight is 292 g/mol. The fraction of sp³-hybridized carbons (Fsp3) is 0.333. The monoisotopic (exact) mass is 292 g/mol. The maximum atomic E-state index is 12.7. The van der Waals surface area contributed by atoms with E-state index in [1.54, 1.807) is 6.07 Å². The summed E-state index contributed by atoms with van der Waals surface area (Å²) in [7, 11) is 0. The van der Waals surface area contributed by atoms with Crippen molar-refractivity contribution in [3.8, 4) is 0 Å². The molecular weight excluding hydrogens is 282 g/mol. The van der Waals surface area contributed by atoms with E-state index in [1.165, 1.54) is 12.1 Å². The molecule has 0 aromatic heterocycles. The largest absolute Gasteiger partial charge is 0.379 e. The van der Waals surface area contributed by atoms with Crippen LogP contribution in [-0.4, -0.2) is 19.1 Å². The highest BCUT2D eigenvalue weighted by molar-refractivity contribution is 14.1. The lowest BCUT2D eigenvalue weighted by Crippen LogP contribution is -2.51. The summed E-state index contributed by atoms with van der Waals surface area (Å²) in [5.74, 6) is -0.179. The maximum Gasteiger partial charge on any atom is 0.124 e. The molecule has 0 spiro atoms. The van der Waals surface area contributed by atoms with E-state index in [9.17, 15) is 4.39 Å². The third kappa shape index (κ3) is 2.11. The van der Waals surface area contributed by atoms with E-state index in [0.29, 0.717) is 6.04 Å². The summed E-state index contributed by atoms with van der Waals surface area (Å²) < 4.78 is 13.7. The van der Waals surface area contributed by atoms with Gasteiger partial charge in [-0.3, -0.25) is 0 Å². The van der Waals surface area contributed by atoms with Crippen LogP contribution in [0.2, 0.25) is 0 Å². The zero-order valence-electron chi connectivity index (χ0n) is 6.98. The van der Waals surface area contributed by atoms with E-state index in [0.717, 1.165) is 22.3 Å². The molecule has 0 aliphatic carbocycles. The lowest BCUT2D eigenvalue weighted by atomic mass is 10.1. The standard InChI is InChI=1S/C9H10FIN2/c10-6-1-2-9(8(11)3-6)13-7-4-12-5-7/h1-3,7,12-13H,4-5H2. The van der Waals surface area contributed by atoms with Gasteiger partial charge in [0.25, 0.3) is 0 Å². The number of nitrogens with one attached hydrogen (secondary N) is 2. The van der Waals surface area contributed by atoms with Gasteiger partial charge in [0.2, 0.25) is 0 Å². The summed E-state index contributed by atoms with van der Waals surface area (Å²) in [6, 6.07) is 5.31. The molecule has 2 rings (SSSR count). The van der Waals surface area contributed by atoms with Gasteiger partial charge in [-0.15, -0.1) is 0 Å². The molecule has 0 amide bonds. The van der Waals surface area contributed by atoms with Gasteiger partial charge in [0, 0.05) is 22.3 Å². The van der Waals surface area contributed by atoms with Crippen molar-refractivity contribution in [1.29, 1.82) is 0 Å². The van der Waals surface area contributed by atoms with Crippen LogP contribution < -0.4 is 10.6 Å². The third-order valence-electron chi connectivity index (χ3n) is 2.07. The van der Waals surface area contributed by atoms with Gasteiger partial charge in [0.05, 0.1) is 6.04 Å². The Morgan fingerprint density at radius 1 is 1.46 bits per heavy atom. The van der Waals surface area contributed by atoms with Crippen LogP contribution in [0, 0.1) is 9.39 Å². The van der Waals surface area contributed by atoms with Crippen molar-refractivity contribution in [2.24, 2.45) is 0 Å². The summed E-state index contributed by atoms with van der Waals surface area (Å²) in [5, 5.41) is 6.51. The van der Waals surface area contributed by atoms with Crippen LogP contribution in [0.1, 0.15) is 0 Å². The second kappa shape index (κ2) is 3.79. The highest BCUT2D eigenvalue weighted by atomic mass is 127. The van der Waals surface area contributed by atoms with Gasteiger partial charge in [-0.2, -0.15) is 0 Å². The molecule has 4 heteroatoms. The lowest BCUT2D eigenvalue weighted by molar-refractivity contribution is 0.472. The van der Waals surface area contributed by atoms with Crippen LogP contribution in [0.3, 0.4) is 0 Å². The Labute approximate surface area is 90.0 Å². The van der Waals surface area contributed by atoms with Crippen molar-refractivity contribution >= 4 is 28.3 Å². The van der Waals surface area contributed by atoms with Crippen molar-refractivity contribution in [3.05, 3.63) is 27.6 Å². The first-order chi connectivity index (χ1) is 6.25. The molecule has 1 saturated heterocycles. The van der Waals surface area contributed by atoms with Gasteiger partial charge in [-0.05, 0) is 40.8 Å². The maximum absolute atomic E-state index is 12.7. The van der Waals surface area contributed by atoms with Crippen molar-refractivity contribution in [2.45, 2.75) is 6.04 Å². The zero-order chi connectivity index (χ0) is 9.26. The quantitative estimate of drug-likeness (QED) is 0.812. The lowest BCUT2D eigenvalue weighted by Gasteiger charge is -2.29. The molecule has 13 heavy (non-hydrogen) atoms. The Bertz CT molecular complexity index is 312. The number of rotatable bonds is 2. The minimum Gasteiger partial charge on any atom is -0.379 e. The van der Waals surface area contributed by atoms with E-state index in [4.69, 9.17) is 0 Å². The zero-order valence-corrected chi connectivity index (χ0v) is 9.14. The van der Waals surface area contributed by atoms with Gasteiger partial charge in [-0.25, -0.2) is 4.39 Å². The molecule has 2 nitrogen and oxygen atoms in total. The number of anilines is 1. The highest BCUT2D eigenvalue weighted by Crippen LogP contribution is 2.20. The molecule has 2 N–H and O–H groups in total. The molecule has 70 valence electrons. The second-order valence-electron chi connectivity index (χ2n) is 3.12. The van der Waals surface area contributed by atoms with Crippen LogP contribution in [0.25, 0.3) is 0 Å². The summed E-state index contributed by atoms with van der Waals surface area (Å²) >= 11 is 2.14. The Morgan fingerprint density at radius 3 is 2.77 bits per heavy atom. The number of hydrogen-bond donors (Lipinski definition) is 2. The molecule has 1 aliphatic rings. The Morgan fingerprint density at radius 2 is 2.23 bits per heavy atom. The van der Waals surface area contributed by atoms with Crippen LogP contribution in [-0.2, 0) is 0 Å². The fourth-order valence-electron chi connectivity index (χ4n) is 1.22. The SMILES string of the molecule is Fc1ccc(NC2CNC2)c(I)c1. The number of benzene rings is 1. The Kier molecular flexibility index (Phi) is 2.69. The van der Waals surface area contributed by atoms with Crippen molar-refractivity contribution in [3.63, 3.8) is 0 Å². The van der Waals surface area contributed by atoms with Gasteiger partial charge in [0.15, 0.2) is 0 Å². The molecular formula is C9H10FIN2. The summed E-state index contributed by atoms with van der Waals surface area (Å²) in [5.41, 5.74) is 1.02. The first kappa shape index (κ1) is 9.21. The molecule has 1 aromatic carbocycles. The molecule has 1 aromatic rings. The molecule has 0 unspecified atom stereocenters. The first-order valence-electron chi connectivity index (χ1n) is 4.18. The molecule has 1 fully saturated rings. The predicted octanol–water partition coefficient (Wildman–Crippen LogP) is 1.81. The molecule has 1 aliphatic heterocycles. The van der Waals surface area contributed by atoms with Gasteiger partial charge >= 0.3 is 0 Å². The van der Waals surface area contributed by atoms with E-state index in [-0.39, 0.29) is 5.82 Å². The van der Waals surface area contributed by atoms with Crippen molar-refractivity contribution < 1.29 is 4.39 Å². The van der Waals surface area contributed by atoms with Crippen LogP contribution in [0.4, 0.5) is 10.1 Å². The second-order valence-corrected chi connectivity index (χ2v) is 4.29. The summed E-state index contributed by atoms with van der Waals surface area (Å²) in [6.07, 6.45) is 0. The van der Waals surface area contributed by atoms with Crippen LogP contribution >= 0.6 is 22.6 Å². The van der Waals surface area contributed by atoms with E-state index >= 15 is 0 Å². The van der Waals surface area contributed by atoms with E-state index in [1.807, 2.05) is 0 Å². The first-order valence-corrected chi connectivity index (χ1v) is 5.26. The molecule has 0 saturated carbocycles. The fourth-order valence-corrected chi connectivity index (χ4v) is 1.85. The normalized spacial score (nSPS) is 16.8. The molecule has 0 bridgehead atoms. The summed E-state index contributed by atoms with van der Waals surface area (Å²) in [4.78, 5) is 0. The average Bonchev–Trinajstić information content (AvgIpc) is 1.99. The summed E-state index contributed by atoms with van der Waals surface area (Å²) in [6.45, 7) is 1.99. The number of halogens is 2. The Hall–Kier alpha value is -0.360. The van der Waals surface area contributed by atoms with Gasteiger partial charge < -0.3 is 10.6 Å². The van der Waals surface area contributed by atoms with E-state index < -0.39 is 0 Å². The topological polar surface area (TPSA) is 24.1 Å². The smallest absolute Gasteiger partial charge is 0.124 e. The van der Waals surface area contributed by atoms with E-state index in [2.05, 4.69) is 33.2 Å². The molecule has 1 heterocycles. The molecule has 0 radical (unpaired) electrons. The van der Waals surface area contributed by atoms with Crippen molar-refractivity contribution in [2.75, 3.05) is 18.4 Å². The minimum atomic E-state index is -0.179.